The van der Waals surface area contributed by atoms with Crippen molar-refractivity contribution in [2.45, 2.75) is 31.8 Å². The molecule has 2 aliphatic rings. The Morgan fingerprint density at radius 2 is 2.16 bits per heavy atom. The molecule has 3 nitrogen and oxygen atoms in total. The van der Waals surface area contributed by atoms with E-state index < -0.39 is 0 Å². The van der Waals surface area contributed by atoms with Crippen LogP contribution in [0.15, 0.2) is 24.3 Å². The van der Waals surface area contributed by atoms with Gasteiger partial charge in [0.2, 0.25) is 0 Å². The van der Waals surface area contributed by atoms with E-state index in [1.165, 1.54) is 30.5 Å². The predicted octanol–water partition coefficient (Wildman–Crippen LogP) is 1.93. The van der Waals surface area contributed by atoms with Gasteiger partial charge in [-0.25, -0.2) is 0 Å². The predicted molar refractivity (Wildman–Crippen MR) is 76.9 cm³/mol. The Morgan fingerprint density at radius 3 is 3.05 bits per heavy atom. The van der Waals surface area contributed by atoms with Crippen LogP contribution in [0.5, 0.6) is 0 Å². The smallest absolute Gasteiger partial charge is 0.0434 e. The molecule has 1 saturated heterocycles. The zero-order valence-electron chi connectivity index (χ0n) is 11.5. The fraction of sp³-hybridized carbons (Fsp3) is 0.625. The Balaban J connectivity index is 1.77. The van der Waals surface area contributed by atoms with Crippen LogP contribution in [-0.4, -0.2) is 36.2 Å². The van der Waals surface area contributed by atoms with E-state index in [1.807, 2.05) is 0 Å². The lowest BCUT2D eigenvalue weighted by Gasteiger charge is -2.28. The van der Waals surface area contributed by atoms with E-state index in [2.05, 4.69) is 34.5 Å². The number of aliphatic hydroxyl groups excluding tert-OH is 1. The van der Waals surface area contributed by atoms with Gasteiger partial charge in [0.1, 0.15) is 0 Å². The van der Waals surface area contributed by atoms with Gasteiger partial charge in [-0.05, 0) is 49.4 Å². The fourth-order valence-electron chi connectivity index (χ4n) is 3.58. The normalized spacial score (nSPS) is 28.1. The summed E-state index contributed by atoms with van der Waals surface area (Å²) in [6.07, 6.45) is 3.40. The average molecular weight is 260 g/mol. The summed E-state index contributed by atoms with van der Waals surface area (Å²) in [6, 6.07) is 9.42. The number of rotatable bonds is 3. The van der Waals surface area contributed by atoms with Gasteiger partial charge in [0.05, 0.1) is 0 Å². The third-order valence-corrected chi connectivity index (χ3v) is 4.62. The van der Waals surface area contributed by atoms with Crippen LogP contribution in [-0.2, 0) is 6.54 Å². The molecule has 1 fully saturated rings. The molecule has 2 N–H and O–H groups in total. The molecule has 0 bridgehead atoms. The molecule has 0 aromatic heterocycles. The number of benzene rings is 1. The summed E-state index contributed by atoms with van der Waals surface area (Å²) in [7, 11) is 0. The average Bonchev–Trinajstić information content (AvgIpc) is 2.78. The first-order chi connectivity index (χ1) is 9.38. The molecule has 3 rings (SSSR count). The van der Waals surface area contributed by atoms with Crippen molar-refractivity contribution in [3.05, 3.63) is 35.4 Å². The molecule has 0 amide bonds. The molecule has 104 valence electrons. The SMILES string of the molecule is OCCC1CCN(C2CCNCc3ccccc32)C1. The molecule has 2 unspecified atom stereocenters. The molecular weight excluding hydrogens is 236 g/mol. The van der Waals surface area contributed by atoms with Crippen molar-refractivity contribution in [2.24, 2.45) is 5.92 Å². The Hall–Kier alpha value is -0.900. The second-order valence-electron chi connectivity index (χ2n) is 5.84. The topological polar surface area (TPSA) is 35.5 Å². The summed E-state index contributed by atoms with van der Waals surface area (Å²) in [4.78, 5) is 2.63. The molecule has 0 spiro atoms. The van der Waals surface area contributed by atoms with Gasteiger partial charge < -0.3 is 10.4 Å². The Kier molecular flexibility index (Phi) is 4.16. The summed E-state index contributed by atoms with van der Waals surface area (Å²) in [5.74, 6) is 0.688. The molecule has 19 heavy (non-hydrogen) atoms. The van der Waals surface area contributed by atoms with Crippen LogP contribution in [0.1, 0.15) is 36.4 Å². The number of likely N-dealkylation sites (tertiary alicyclic amines) is 1. The number of hydrogen-bond donors (Lipinski definition) is 2. The van der Waals surface area contributed by atoms with Crippen LogP contribution in [0, 0.1) is 5.92 Å². The monoisotopic (exact) mass is 260 g/mol. The highest BCUT2D eigenvalue weighted by molar-refractivity contribution is 5.31. The van der Waals surface area contributed by atoms with Crippen molar-refractivity contribution >= 4 is 0 Å². The quantitative estimate of drug-likeness (QED) is 0.871. The van der Waals surface area contributed by atoms with Crippen LogP contribution in [0.25, 0.3) is 0 Å². The minimum atomic E-state index is 0.335. The van der Waals surface area contributed by atoms with Gasteiger partial charge >= 0.3 is 0 Å². The van der Waals surface area contributed by atoms with E-state index in [0.717, 1.165) is 26.1 Å². The summed E-state index contributed by atoms with van der Waals surface area (Å²) in [6.45, 7) is 4.77. The molecular formula is C16H24N2O. The molecule has 2 heterocycles. The number of aliphatic hydroxyl groups is 1. The van der Waals surface area contributed by atoms with E-state index >= 15 is 0 Å². The van der Waals surface area contributed by atoms with Crippen molar-refractivity contribution in [2.75, 3.05) is 26.2 Å². The fourth-order valence-corrected chi connectivity index (χ4v) is 3.58. The maximum absolute atomic E-state index is 9.10. The van der Waals surface area contributed by atoms with Crippen molar-refractivity contribution in [1.29, 1.82) is 0 Å². The maximum Gasteiger partial charge on any atom is 0.0434 e. The largest absolute Gasteiger partial charge is 0.396 e. The van der Waals surface area contributed by atoms with Gasteiger partial charge in [-0.2, -0.15) is 0 Å². The Labute approximate surface area is 115 Å². The van der Waals surface area contributed by atoms with Gasteiger partial charge in [0, 0.05) is 25.7 Å². The molecule has 1 aromatic rings. The summed E-state index contributed by atoms with van der Waals surface area (Å²) in [5, 5.41) is 12.6. The third-order valence-electron chi connectivity index (χ3n) is 4.62. The minimum absolute atomic E-state index is 0.335. The van der Waals surface area contributed by atoms with E-state index in [0.29, 0.717) is 18.6 Å². The van der Waals surface area contributed by atoms with Crippen molar-refractivity contribution < 1.29 is 5.11 Å². The number of nitrogens with one attached hydrogen (secondary N) is 1. The lowest BCUT2D eigenvalue weighted by atomic mass is 9.98. The van der Waals surface area contributed by atoms with Crippen molar-refractivity contribution in [3.63, 3.8) is 0 Å². The lowest BCUT2D eigenvalue weighted by Crippen LogP contribution is -2.28. The molecule has 0 radical (unpaired) electrons. The highest BCUT2D eigenvalue weighted by Crippen LogP contribution is 2.33. The van der Waals surface area contributed by atoms with Gasteiger partial charge in [-0.1, -0.05) is 24.3 Å². The van der Waals surface area contributed by atoms with Crippen LogP contribution >= 0.6 is 0 Å². The second-order valence-corrected chi connectivity index (χ2v) is 5.84. The highest BCUT2D eigenvalue weighted by Gasteiger charge is 2.30. The molecule has 0 aliphatic carbocycles. The summed E-state index contributed by atoms with van der Waals surface area (Å²) >= 11 is 0. The first kappa shape index (κ1) is 13.1. The minimum Gasteiger partial charge on any atom is -0.396 e. The second kappa shape index (κ2) is 6.04. The van der Waals surface area contributed by atoms with Crippen LogP contribution in [0.4, 0.5) is 0 Å². The highest BCUT2D eigenvalue weighted by atomic mass is 16.3. The zero-order chi connectivity index (χ0) is 13.1. The maximum atomic E-state index is 9.10. The molecule has 0 saturated carbocycles. The first-order valence-electron chi connectivity index (χ1n) is 7.52. The van der Waals surface area contributed by atoms with Gasteiger partial charge in [-0.15, -0.1) is 0 Å². The van der Waals surface area contributed by atoms with E-state index in [4.69, 9.17) is 5.11 Å². The van der Waals surface area contributed by atoms with E-state index in [1.54, 1.807) is 0 Å². The first-order valence-corrected chi connectivity index (χ1v) is 7.52. The van der Waals surface area contributed by atoms with Crippen LogP contribution < -0.4 is 5.32 Å². The van der Waals surface area contributed by atoms with Crippen molar-refractivity contribution in [1.82, 2.24) is 10.2 Å². The third kappa shape index (κ3) is 2.83. The van der Waals surface area contributed by atoms with Crippen molar-refractivity contribution in [3.8, 4) is 0 Å². The van der Waals surface area contributed by atoms with Gasteiger partial charge in [0.15, 0.2) is 0 Å². The number of nitrogens with zero attached hydrogens (tertiary/aromatic N) is 1. The standard InChI is InChI=1S/C16H24N2O/c19-10-7-13-6-9-18(12-13)16-5-8-17-11-14-3-1-2-4-15(14)16/h1-4,13,16-17,19H,5-12H2. The molecule has 2 aliphatic heterocycles. The molecule has 2 atom stereocenters. The number of hydrogen-bond acceptors (Lipinski definition) is 3. The van der Waals surface area contributed by atoms with E-state index in [9.17, 15) is 0 Å². The summed E-state index contributed by atoms with van der Waals surface area (Å²) < 4.78 is 0. The number of fused-ring (bicyclic) bond motifs is 1. The van der Waals surface area contributed by atoms with E-state index in [-0.39, 0.29) is 0 Å². The molecule has 1 aromatic carbocycles. The van der Waals surface area contributed by atoms with Gasteiger partial charge in [0.25, 0.3) is 0 Å². The lowest BCUT2D eigenvalue weighted by molar-refractivity contribution is 0.212. The summed E-state index contributed by atoms with van der Waals surface area (Å²) in [5.41, 5.74) is 2.97. The van der Waals surface area contributed by atoms with Crippen LogP contribution in [0.3, 0.4) is 0 Å². The van der Waals surface area contributed by atoms with Gasteiger partial charge in [-0.3, -0.25) is 4.90 Å². The Morgan fingerprint density at radius 1 is 1.26 bits per heavy atom. The Bertz CT molecular complexity index is 421. The van der Waals surface area contributed by atoms with Crippen LogP contribution in [0.2, 0.25) is 0 Å². The zero-order valence-corrected chi connectivity index (χ0v) is 11.5. The molecule has 3 heteroatoms.